The second-order valence-corrected chi connectivity index (χ2v) is 10.5. The Morgan fingerprint density at radius 1 is 1.34 bits per heavy atom. The lowest BCUT2D eigenvalue weighted by Crippen LogP contribution is -2.71. The minimum Gasteiger partial charge on any atom is -0.481 e. The molecule has 1 saturated heterocycles. The van der Waals surface area contributed by atoms with Gasteiger partial charge in [0.25, 0.3) is 11.8 Å². The Morgan fingerprint density at radius 3 is 2.74 bits per heavy atom. The summed E-state index contributed by atoms with van der Waals surface area (Å²) in [6.45, 7) is 1.82. The van der Waals surface area contributed by atoms with Crippen molar-refractivity contribution < 1.29 is 29.1 Å². The molecule has 17 heteroatoms. The number of nitrogen functional groups attached to an aromatic ring is 1. The van der Waals surface area contributed by atoms with Gasteiger partial charge in [-0.3, -0.25) is 14.5 Å². The van der Waals surface area contributed by atoms with Crippen LogP contribution in [0.2, 0.25) is 0 Å². The maximum atomic E-state index is 13.0. The Morgan fingerprint density at radius 2 is 2.11 bits per heavy atom. The number of rotatable bonds is 8. The molecule has 2 aromatic rings. The van der Waals surface area contributed by atoms with Crippen LogP contribution in [0.3, 0.4) is 0 Å². The third kappa shape index (κ3) is 4.73. The first-order valence-corrected chi connectivity index (χ1v) is 12.4. The van der Waals surface area contributed by atoms with Crippen LogP contribution in [-0.4, -0.2) is 84.6 Å². The maximum Gasteiger partial charge on any atom is 0.353 e. The molecule has 1 fully saturated rings. The van der Waals surface area contributed by atoms with Gasteiger partial charge in [0.1, 0.15) is 35.6 Å². The van der Waals surface area contributed by atoms with Gasteiger partial charge in [-0.1, -0.05) is 28.3 Å². The fourth-order valence-electron chi connectivity index (χ4n) is 3.34. The molecule has 35 heavy (non-hydrogen) atoms. The van der Waals surface area contributed by atoms with E-state index >= 15 is 0 Å². The van der Waals surface area contributed by atoms with Crippen molar-refractivity contribution in [3.8, 4) is 5.88 Å². The molecule has 2 amide bonds. The second kappa shape index (κ2) is 10.0. The highest BCUT2D eigenvalue weighted by atomic mass is 32.2. The van der Waals surface area contributed by atoms with E-state index in [4.69, 9.17) is 15.3 Å². The maximum absolute atomic E-state index is 13.0. The molecule has 2 aliphatic rings. The van der Waals surface area contributed by atoms with Crippen molar-refractivity contribution in [1.82, 2.24) is 30.4 Å². The fourth-order valence-corrected chi connectivity index (χ4v) is 6.57. The molecule has 0 aliphatic carbocycles. The number of aromatic nitrogens is 4. The van der Waals surface area contributed by atoms with Gasteiger partial charge in [-0.05, 0) is 6.92 Å². The Labute approximate surface area is 210 Å². The quantitative estimate of drug-likeness (QED) is 0.233. The van der Waals surface area contributed by atoms with Crippen LogP contribution in [0.1, 0.15) is 12.7 Å². The average molecular weight is 539 g/mol. The van der Waals surface area contributed by atoms with E-state index in [-0.39, 0.29) is 34.2 Å². The number of ether oxygens (including phenoxy) is 1. The van der Waals surface area contributed by atoms with Crippen LogP contribution in [0.15, 0.2) is 31.7 Å². The number of anilines is 1. The molecule has 0 radical (unpaired) electrons. The molecule has 0 bridgehead atoms. The highest BCUT2D eigenvalue weighted by Gasteiger charge is 2.56. The number of nitrogens with one attached hydrogen (secondary N) is 1. The Hall–Kier alpha value is -3.44. The van der Waals surface area contributed by atoms with E-state index in [9.17, 15) is 19.5 Å². The van der Waals surface area contributed by atoms with E-state index in [1.807, 2.05) is 6.92 Å². The number of carbonyl (C=O) groups excluding carboxylic acids is 2. The lowest BCUT2D eigenvalue weighted by atomic mass is 10.0. The number of hydrogen-bond donors (Lipinski definition) is 3. The number of β-lactam (4-membered cyclic amide) rings is 1. The predicted molar refractivity (Wildman–Crippen MR) is 127 cm³/mol. The Balaban J connectivity index is 1.58. The summed E-state index contributed by atoms with van der Waals surface area (Å²) >= 11 is 3.75. The zero-order valence-corrected chi connectivity index (χ0v) is 20.8. The number of thioether (sulfide) groups is 2. The zero-order valence-electron chi connectivity index (χ0n) is 18.4. The van der Waals surface area contributed by atoms with Crippen LogP contribution in [0.4, 0.5) is 5.82 Å². The SMILES string of the molecule is CON=C(C(=O)NC1C(=O)N2C(C(=O)O)=C(Sc3nncs3)C(C)S[C@H]12)c1nc(N)cc(OC)n1. The number of nitrogens with zero attached hydrogens (tertiary/aromatic N) is 6. The summed E-state index contributed by atoms with van der Waals surface area (Å²) in [5.74, 6) is -2.68. The molecule has 0 saturated carbocycles. The molecule has 184 valence electrons. The third-order valence-electron chi connectivity index (χ3n) is 4.80. The number of fused-ring (bicyclic) bond motifs is 1. The normalized spacial score (nSPS) is 21.8. The first-order chi connectivity index (χ1) is 16.7. The molecule has 0 spiro atoms. The van der Waals surface area contributed by atoms with Crippen LogP contribution < -0.4 is 15.8 Å². The molecular formula is C18H18N8O6S3. The van der Waals surface area contributed by atoms with Gasteiger partial charge >= 0.3 is 5.97 Å². The molecule has 4 N–H and O–H groups in total. The summed E-state index contributed by atoms with van der Waals surface area (Å²) in [5.41, 5.74) is 6.80. The van der Waals surface area contributed by atoms with Crippen molar-refractivity contribution in [3.63, 3.8) is 0 Å². The topological polar surface area (TPSA) is 195 Å². The molecule has 4 rings (SSSR count). The number of nitrogens with two attached hydrogens (primary N) is 1. The van der Waals surface area contributed by atoms with Crippen LogP contribution in [0, 0.1) is 0 Å². The van der Waals surface area contributed by atoms with Gasteiger partial charge < -0.3 is 25.7 Å². The largest absolute Gasteiger partial charge is 0.481 e. The Kier molecular flexibility index (Phi) is 7.08. The number of oxime groups is 1. The minimum absolute atomic E-state index is 0.0303. The minimum atomic E-state index is -1.26. The van der Waals surface area contributed by atoms with Crippen molar-refractivity contribution >= 4 is 64.2 Å². The number of carboxylic acid groups (broad SMARTS) is 1. The first kappa shape index (κ1) is 24.7. The molecule has 2 unspecified atom stereocenters. The summed E-state index contributed by atoms with van der Waals surface area (Å²) in [5, 5.41) is 22.9. The lowest BCUT2D eigenvalue weighted by Gasteiger charge is -2.50. The monoisotopic (exact) mass is 538 g/mol. The van der Waals surface area contributed by atoms with Gasteiger partial charge in [-0.2, -0.15) is 4.98 Å². The molecule has 2 aromatic heterocycles. The van der Waals surface area contributed by atoms with E-state index in [0.29, 0.717) is 9.24 Å². The second-order valence-electron chi connectivity index (χ2n) is 6.93. The highest BCUT2D eigenvalue weighted by Crippen LogP contribution is 2.49. The predicted octanol–water partition coefficient (Wildman–Crippen LogP) is 0.146. The van der Waals surface area contributed by atoms with E-state index in [1.165, 1.54) is 48.9 Å². The molecular weight excluding hydrogens is 520 g/mol. The number of aliphatic carboxylic acids is 1. The van der Waals surface area contributed by atoms with Crippen molar-refractivity contribution in [2.75, 3.05) is 20.0 Å². The van der Waals surface area contributed by atoms with Crippen molar-refractivity contribution in [3.05, 3.63) is 28.0 Å². The van der Waals surface area contributed by atoms with E-state index in [1.54, 1.807) is 0 Å². The number of amides is 2. The summed E-state index contributed by atoms with van der Waals surface area (Å²) < 4.78 is 5.60. The van der Waals surface area contributed by atoms with Crippen molar-refractivity contribution in [1.29, 1.82) is 0 Å². The summed E-state index contributed by atoms with van der Waals surface area (Å²) in [6.07, 6.45) is 0. The van der Waals surface area contributed by atoms with Gasteiger partial charge in [-0.15, -0.1) is 22.0 Å². The first-order valence-electron chi connectivity index (χ1n) is 9.76. The zero-order chi connectivity index (χ0) is 25.3. The van der Waals surface area contributed by atoms with E-state index < -0.39 is 29.2 Å². The van der Waals surface area contributed by atoms with Crippen LogP contribution in [-0.2, 0) is 19.2 Å². The third-order valence-corrected chi connectivity index (χ3v) is 8.40. The smallest absolute Gasteiger partial charge is 0.353 e. The van der Waals surface area contributed by atoms with Gasteiger partial charge in [-0.25, -0.2) is 9.78 Å². The Bertz CT molecular complexity index is 1240. The van der Waals surface area contributed by atoms with Crippen LogP contribution in [0.25, 0.3) is 0 Å². The van der Waals surface area contributed by atoms with E-state index in [0.717, 1.165) is 16.7 Å². The van der Waals surface area contributed by atoms with Gasteiger partial charge in [0, 0.05) is 16.2 Å². The molecule has 0 aromatic carbocycles. The number of methoxy groups -OCH3 is 1. The molecule has 4 heterocycles. The van der Waals surface area contributed by atoms with E-state index in [2.05, 4.69) is 30.6 Å². The van der Waals surface area contributed by atoms with Crippen LogP contribution >= 0.6 is 34.9 Å². The van der Waals surface area contributed by atoms with Crippen LogP contribution in [0.5, 0.6) is 5.88 Å². The summed E-state index contributed by atoms with van der Waals surface area (Å²) in [6, 6.07) is 0.346. The van der Waals surface area contributed by atoms with Crippen molar-refractivity contribution in [2.45, 2.75) is 27.9 Å². The average Bonchev–Trinajstić information content (AvgIpc) is 3.34. The van der Waals surface area contributed by atoms with Gasteiger partial charge in [0.15, 0.2) is 10.2 Å². The number of carbonyl (C=O) groups is 3. The molecule has 14 nitrogen and oxygen atoms in total. The van der Waals surface area contributed by atoms with Crippen molar-refractivity contribution in [2.24, 2.45) is 5.16 Å². The van der Waals surface area contributed by atoms with Gasteiger partial charge in [0.05, 0.1) is 7.11 Å². The summed E-state index contributed by atoms with van der Waals surface area (Å²) in [7, 11) is 2.60. The van der Waals surface area contributed by atoms with Gasteiger partial charge in [0.2, 0.25) is 11.6 Å². The highest BCUT2D eigenvalue weighted by molar-refractivity contribution is 8.07. The lowest BCUT2D eigenvalue weighted by molar-refractivity contribution is -0.150. The molecule has 2 aliphatic heterocycles. The molecule has 3 atom stereocenters. The standard InChI is InChI=1S/C18H18N8O6S3/c1-6-12(35-18-24-20-5-33-18)11(17(29)30)26-15(28)10(16(26)34-6)23-14(27)9(25-32-3)13-21-7(19)4-8(22-13)31-2/h4-6,10,16H,1-3H3,(H,23,27)(H,29,30)(H2,19,21,22)/t6?,10?,16-/m1/s1. The number of carboxylic acids is 1. The fraction of sp³-hybridized carbons (Fsp3) is 0.333. The summed E-state index contributed by atoms with van der Waals surface area (Å²) in [4.78, 5) is 52.6. The number of hydrogen-bond acceptors (Lipinski definition) is 14.